The van der Waals surface area contributed by atoms with Gasteiger partial charge in [-0.1, -0.05) is 80.6 Å². The summed E-state index contributed by atoms with van der Waals surface area (Å²) in [5.41, 5.74) is -7.02. The van der Waals surface area contributed by atoms with Gasteiger partial charge in [-0.25, -0.2) is 9.59 Å². The van der Waals surface area contributed by atoms with Gasteiger partial charge in [0.1, 0.15) is 23.9 Å². The van der Waals surface area contributed by atoms with Gasteiger partial charge >= 0.3 is 59.2 Å². The Bertz CT molecular complexity index is 2330. The van der Waals surface area contributed by atoms with Crippen LogP contribution in [0.25, 0.3) is 0 Å². The summed E-state index contributed by atoms with van der Waals surface area (Å²) in [6, 6.07) is 22.9. The van der Waals surface area contributed by atoms with Gasteiger partial charge < -0.3 is 56.6 Å². The van der Waals surface area contributed by atoms with Crippen molar-refractivity contribution >= 4 is 54.4 Å². The molecule has 1 amide bonds. The molecule has 1 heterocycles. The monoisotopic (exact) mass is 1150 g/mol. The summed E-state index contributed by atoms with van der Waals surface area (Å²) < 4.78 is 30.3. The van der Waals surface area contributed by atoms with Gasteiger partial charge in [0.25, 0.3) is 5.91 Å². The van der Waals surface area contributed by atoms with Gasteiger partial charge in [-0.05, 0) is 54.8 Å². The molecule has 0 aromatic heterocycles. The number of fused-ring (bicyclic) bond motifs is 5. The van der Waals surface area contributed by atoms with Crippen LogP contribution in [0.4, 0.5) is 0 Å². The second-order valence-corrected chi connectivity index (χ2v) is 20.7. The first-order valence-corrected chi connectivity index (χ1v) is 26.3. The number of aliphatic hydroxyl groups excluding tert-OH is 2. The number of benzene rings is 3. The van der Waals surface area contributed by atoms with Gasteiger partial charge in [-0.15, -0.1) is 0 Å². The van der Waals surface area contributed by atoms with Gasteiger partial charge in [-0.3, -0.25) is 19.2 Å². The standard InChI is InChI=1S/C47H51NO14.2ClH.2H3N.Pt/c1-25-31(60-43(56)36(52)35(28-16-10-7-11-17-28)48-41(54)29-18-12-8-13-19-29)23-47(57)40(61-42(55)30-20-14-9-15-21-30)38-45(6,32(51)22-33-46(38,24-58-33)62-27(3)50)39(53)37(59-26(2)49)34(25)44(47,4)5;;;;;/h7-21,31-33,35-38,40,51-52,57H,22-24H2,1-6H3,(H,48,54);2*1H;2*1H3;/q;;;;;+2/p-2/t31-,32-,33+,35-,36+,37+,38-,40-,45+,46-,47+;;;;;/m0...../s1. The molecular formula is C47H57Cl2N3O14Pt. The second kappa shape index (κ2) is 21.8. The number of Topliss-reactive ketones (excluding diaryl/α,β-unsaturated/α-hetero) is 1. The molecule has 3 aromatic carbocycles. The molecule has 3 fully saturated rings. The summed E-state index contributed by atoms with van der Waals surface area (Å²) in [5.74, 6) is -6.84. The normalized spacial score (nSPS) is 29.8. The first kappa shape index (κ1) is 55.0. The molecule has 67 heavy (non-hydrogen) atoms. The number of aliphatic hydroxyl groups is 3. The van der Waals surface area contributed by atoms with Crippen molar-refractivity contribution in [2.45, 2.75) is 108 Å². The Kier molecular flexibility index (Phi) is 17.9. The number of ether oxygens (including phenoxy) is 5. The summed E-state index contributed by atoms with van der Waals surface area (Å²) in [7, 11) is 9.75. The van der Waals surface area contributed by atoms with Gasteiger partial charge in [0, 0.05) is 37.7 Å². The molecule has 0 spiro atoms. The molecule has 1 aliphatic heterocycles. The van der Waals surface area contributed by atoms with E-state index in [1.165, 1.54) is 26.0 Å². The number of rotatable bonds is 10. The van der Waals surface area contributed by atoms with Gasteiger partial charge in [0.05, 0.1) is 35.6 Å². The Morgan fingerprint density at radius 1 is 0.836 bits per heavy atom. The van der Waals surface area contributed by atoms with Crippen molar-refractivity contribution in [3.05, 3.63) is 119 Å². The van der Waals surface area contributed by atoms with E-state index in [-0.39, 0.29) is 47.6 Å². The van der Waals surface area contributed by atoms with Crippen LogP contribution in [-0.4, -0.2) is 105 Å². The number of carbonyl (C=O) groups excluding carboxylic acids is 6. The first-order valence-electron chi connectivity index (χ1n) is 20.7. The number of carbonyl (C=O) groups is 6. The van der Waals surface area contributed by atoms with Crippen LogP contribution in [0.1, 0.15) is 86.7 Å². The van der Waals surface area contributed by atoms with Gasteiger partial charge in [0.15, 0.2) is 23.6 Å². The van der Waals surface area contributed by atoms with Crippen LogP contribution in [0.15, 0.2) is 102 Å². The molecule has 1 saturated heterocycles. The van der Waals surface area contributed by atoms with Crippen molar-refractivity contribution in [2.24, 2.45) is 16.7 Å². The SMILES string of the molecule is CC(=O)O[C@H]1C(=O)[C@@]2(C)[C@H]([C@H](OC(=O)c3ccccc3)[C@]3(O)C[C@H](OC(=O)[C@H](O)[C@@H](NC(=O)c4ccccc4)c4ccccc4)C(C)=C1C3(C)C)[C@]1(OC(C)=O)CO[C@@H]1C[C@@H]2O.N.N.[Cl][Pt][Cl]. The summed E-state index contributed by atoms with van der Waals surface area (Å²) in [4.78, 5) is 83.5. The van der Waals surface area contributed by atoms with E-state index >= 15 is 4.79 Å². The molecule has 368 valence electrons. The number of hydrogen-bond acceptors (Lipinski definition) is 16. The van der Waals surface area contributed by atoms with Crippen molar-refractivity contribution in [3.8, 4) is 0 Å². The average molecular weight is 1150 g/mol. The van der Waals surface area contributed by atoms with E-state index < -0.39 is 129 Å². The van der Waals surface area contributed by atoms with Crippen LogP contribution < -0.4 is 17.6 Å². The third kappa shape index (κ3) is 10.1. The molecule has 7 rings (SSSR count). The molecule has 2 saturated carbocycles. The zero-order valence-corrected chi connectivity index (χ0v) is 41.5. The van der Waals surface area contributed by atoms with Crippen LogP contribution in [0.3, 0.4) is 0 Å². The number of amides is 1. The number of halogens is 2. The summed E-state index contributed by atoms with van der Waals surface area (Å²) in [6.45, 7) is 7.97. The van der Waals surface area contributed by atoms with Crippen LogP contribution in [0.2, 0.25) is 0 Å². The molecule has 3 aliphatic carbocycles. The van der Waals surface area contributed by atoms with Crippen LogP contribution in [0.5, 0.6) is 0 Å². The fourth-order valence-corrected chi connectivity index (χ4v) is 10.2. The molecule has 20 heteroatoms. The predicted molar refractivity (Wildman–Crippen MR) is 239 cm³/mol. The summed E-state index contributed by atoms with van der Waals surface area (Å²) in [6.07, 6.45) is -10.5. The Hall–Kier alpha value is -4.55. The van der Waals surface area contributed by atoms with Crippen molar-refractivity contribution in [1.82, 2.24) is 17.6 Å². The Balaban J connectivity index is 0.00000191. The van der Waals surface area contributed by atoms with Crippen LogP contribution >= 0.6 is 18.8 Å². The molecule has 10 N–H and O–H groups in total. The minimum absolute atomic E-state index is 0. The molecule has 3 aromatic rings. The molecule has 0 radical (unpaired) electrons. The van der Waals surface area contributed by atoms with Gasteiger partial charge in [-0.2, -0.15) is 0 Å². The molecular weight excluding hydrogens is 1100 g/mol. The topological polar surface area (TPSA) is 291 Å². The van der Waals surface area contributed by atoms with E-state index in [1.807, 2.05) is 0 Å². The average Bonchev–Trinajstić information content (AvgIpc) is 3.27. The van der Waals surface area contributed by atoms with E-state index in [1.54, 1.807) is 92.7 Å². The van der Waals surface area contributed by atoms with E-state index in [2.05, 4.69) is 5.32 Å². The van der Waals surface area contributed by atoms with Crippen molar-refractivity contribution in [3.63, 3.8) is 0 Å². The predicted octanol–water partition coefficient (Wildman–Crippen LogP) is 5.44. The number of esters is 4. The Morgan fingerprint density at radius 3 is 1.88 bits per heavy atom. The molecule has 11 atom stereocenters. The van der Waals surface area contributed by atoms with E-state index in [0.29, 0.717) is 5.56 Å². The molecule has 2 bridgehead atoms. The third-order valence-corrected chi connectivity index (χ3v) is 13.5. The minimum atomic E-state index is -2.39. The molecule has 17 nitrogen and oxygen atoms in total. The second-order valence-electron chi connectivity index (χ2n) is 17.4. The van der Waals surface area contributed by atoms with Crippen molar-refractivity contribution in [1.29, 1.82) is 0 Å². The summed E-state index contributed by atoms with van der Waals surface area (Å²) in [5, 5.41) is 40.2. The number of hydrogen-bond donors (Lipinski definition) is 6. The first-order chi connectivity index (χ1) is 30.7. The quantitative estimate of drug-likeness (QED) is 0.0837. The fraction of sp³-hybridized carbons (Fsp3) is 0.447. The van der Waals surface area contributed by atoms with Crippen LogP contribution in [0, 0.1) is 16.7 Å². The third-order valence-electron chi connectivity index (χ3n) is 13.5. The Labute approximate surface area is 404 Å². The van der Waals surface area contributed by atoms with Gasteiger partial charge in [0.2, 0.25) is 0 Å². The van der Waals surface area contributed by atoms with E-state index in [4.69, 9.17) is 42.5 Å². The maximum atomic E-state index is 15.5. The fourth-order valence-electron chi connectivity index (χ4n) is 10.2. The molecule has 4 aliphatic rings. The van der Waals surface area contributed by atoms with E-state index in [0.717, 1.165) is 13.8 Å². The van der Waals surface area contributed by atoms with Crippen molar-refractivity contribution in [2.75, 3.05) is 6.61 Å². The Morgan fingerprint density at radius 2 is 1.37 bits per heavy atom. The van der Waals surface area contributed by atoms with Crippen LogP contribution in [-0.2, 0) is 59.3 Å². The zero-order valence-electron chi connectivity index (χ0n) is 37.7. The van der Waals surface area contributed by atoms with E-state index in [9.17, 15) is 39.3 Å². The maximum absolute atomic E-state index is 15.5. The number of ketones is 1. The number of nitrogens with one attached hydrogen (secondary N) is 1. The molecule has 0 unspecified atom stereocenters. The summed E-state index contributed by atoms with van der Waals surface area (Å²) >= 11 is -0.472. The van der Waals surface area contributed by atoms with Crippen molar-refractivity contribution < 1.29 is 84.3 Å². The zero-order chi connectivity index (χ0) is 47.6.